The van der Waals surface area contributed by atoms with Crippen LogP contribution >= 0.6 is 0 Å². The highest BCUT2D eigenvalue weighted by Gasteiger charge is 2.29. The standard InChI is InChI=1S/C23H17F4N5O2/c1-11(28-18-15(24)19(26)31-20(27)16(18)25)22(33)32-21-23(34)29-14-10-6-5-9-13(14)17(30-21)12-7-3-2-4-8-12/h2-11,21H,1H3,(H,28,31)(H,29,34)(H,32,33)/t11-,21+/m0/s1. The Kier molecular flexibility index (Phi) is 6.26. The number of amides is 2. The van der Waals surface area contributed by atoms with Crippen LogP contribution in [0, 0.1) is 23.5 Å². The number of anilines is 2. The Morgan fingerprint density at radius 3 is 2.26 bits per heavy atom. The van der Waals surface area contributed by atoms with Gasteiger partial charge in [-0.15, -0.1) is 0 Å². The van der Waals surface area contributed by atoms with Crippen molar-refractivity contribution in [3.05, 3.63) is 89.3 Å². The molecule has 174 valence electrons. The second-order valence-corrected chi connectivity index (χ2v) is 7.35. The van der Waals surface area contributed by atoms with E-state index in [1.165, 1.54) is 6.92 Å². The number of benzene rings is 2. The van der Waals surface area contributed by atoms with E-state index in [0.717, 1.165) is 0 Å². The van der Waals surface area contributed by atoms with Gasteiger partial charge in [-0.05, 0) is 13.0 Å². The molecule has 0 radical (unpaired) electrons. The van der Waals surface area contributed by atoms with Crippen molar-refractivity contribution in [3.8, 4) is 0 Å². The van der Waals surface area contributed by atoms with E-state index in [1.807, 2.05) is 6.07 Å². The largest absolute Gasteiger partial charge is 0.369 e. The van der Waals surface area contributed by atoms with Crippen LogP contribution in [0.15, 0.2) is 59.6 Å². The number of halogens is 4. The Bertz CT molecular complexity index is 1270. The molecule has 1 aliphatic rings. The van der Waals surface area contributed by atoms with Crippen molar-refractivity contribution in [3.63, 3.8) is 0 Å². The number of aromatic nitrogens is 1. The maximum atomic E-state index is 13.9. The zero-order valence-electron chi connectivity index (χ0n) is 17.6. The van der Waals surface area contributed by atoms with Gasteiger partial charge in [0.15, 0.2) is 0 Å². The van der Waals surface area contributed by atoms with Crippen LogP contribution in [-0.2, 0) is 9.59 Å². The summed E-state index contributed by atoms with van der Waals surface area (Å²) in [6.07, 6.45) is -1.40. The third kappa shape index (κ3) is 4.45. The maximum absolute atomic E-state index is 13.9. The number of benzodiazepines with no additional fused rings is 1. The minimum Gasteiger partial charge on any atom is -0.369 e. The average Bonchev–Trinajstić information content (AvgIpc) is 2.97. The van der Waals surface area contributed by atoms with Gasteiger partial charge in [0.25, 0.3) is 17.8 Å². The van der Waals surface area contributed by atoms with Gasteiger partial charge in [-0.1, -0.05) is 48.5 Å². The number of aliphatic imine (C=N–C) groups is 1. The lowest BCUT2D eigenvalue weighted by Gasteiger charge is -2.19. The number of fused-ring (bicyclic) bond motifs is 1. The number of carbonyl (C=O) groups is 2. The number of nitrogens with zero attached hydrogens (tertiary/aromatic N) is 2. The van der Waals surface area contributed by atoms with E-state index in [4.69, 9.17) is 0 Å². The molecule has 0 bridgehead atoms. The summed E-state index contributed by atoms with van der Waals surface area (Å²) in [5, 5.41) is 7.14. The molecule has 3 aromatic rings. The summed E-state index contributed by atoms with van der Waals surface area (Å²) in [7, 11) is 0. The molecule has 2 amide bonds. The molecule has 2 atom stereocenters. The van der Waals surface area contributed by atoms with Gasteiger partial charge in [-0.3, -0.25) is 9.59 Å². The van der Waals surface area contributed by atoms with Crippen molar-refractivity contribution in [2.75, 3.05) is 10.6 Å². The molecule has 0 spiro atoms. The first-order valence-electron chi connectivity index (χ1n) is 10.1. The zero-order chi connectivity index (χ0) is 24.4. The molecule has 4 rings (SSSR count). The van der Waals surface area contributed by atoms with E-state index in [2.05, 4.69) is 25.9 Å². The lowest BCUT2D eigenvalue weighted by molar-refractivity contribution is -0.126. The van der Waals surface area contributed by atoms with Crippen LogP contribution in [0.3, 0.4) is 0 Å². The Hall–Kier alpha value is -4.28. The van der Waals surface area contributed by atoms with Crippen LogP contribution in [-0.4, -0.2) is 34.7 Å². The number of para-hydroxylation sites is 1. The van der Waals surface area contributed by atoms with Gasteiger partial charge in [-0.2, -0.15) is 22.5 Å². The highest BCUT2D eigenvalue weighted by Crippen LogP contribution is 2.25. The van der Waals surface area contributed by atoms with E-state index in [-0.39, 0.29) is 0 Å². The van der Waals surface area contributed by atoms with Crippen LogP contribution in [0.4, 0.5) is 28.9 Å². The second-order valence-electron chi connectivity index (χ2n) is 7.35. The predicted octanol–water partition coefficient (Wildman–Crippen LogP) is 3.37. The molecule has 1 aliphatic heterocycles. The first-order valence-corrected chi connectivity index (χ1v) is 10.1. The zero-order valence-corrected chi connectivity index (χ0v) is 17.6. The van der Waals surface area contributed by atoms with Gasteiger partial charge in [0, 0.05) is 11.1 Å². The highest BCUT2D eigenvalue weighted by molar-refractivity contribution is 6.19. The Labute approximate surface area is 190 Å². The number of carbonyl (C=O) groups excluding carboxylic acids is 2. The fourth-order valence-electron chi connectivity index (χ4n) is 3.34. The molecule has 0 fully saturated rings. The topological polar surface area (TPSA) is 95.5 Å². The molecular weight excluding hydrogens is 454 g/mol. The maximum Gasteiger partial charge on any atom is 0.269 e. The molecule has 11 heteroatoms. The second kappa shape index (κ2) is 9.30. The minimum atomic E-state index is -1.87. The monoisotopic (exact) mass is 471 g/mol. The van der Waals surface area contributed by atoms with E-state index < -0.39 is 53.2 Å². The van der Waals surface area contributed by atoms with Gasteiger partial charge in [0.1, 0.15) is 11.7 Å². The average molecular weight is 471 g/mol. The summed E-state index contributed by atoms with van der Waals surface area (Å²) in [5.74, 6) is -8.87. The summed E-state index contributed by atoms with van der Waals surface area (Å²) in [4.78, 5) is 32.4. The minimum absolute atomic E-state index is 0.427. The summed E-state index contributed by atoms with van der Waals surface area (Å²) in [6.45, 7) is 1.19. The van der Waals surface area contributed by atoms with E-state index >= 15 is 0 Å². The number of hydrogen-bond donors (Lipinski definition) is 3. The quantitative estimate of drug-likeness (QED) is 0.393. The molecule has 0 aliphatic carbocycles. The Balaban J connectivity index is 1.62. The van der Waals surface area contributed by atoms with Gasteiger partial charge in [0.2, 0.25) is 23.7 Å². The number of rotatable bonds is 5. The predicted molar refractivity (Wildman–Crippen MR) is 116 cm³/mol. The number of hydrogen-bond acceptors (Lipinski definition) is 5. The van der Waals surface area contributed by atoms with Gasteiger partial charge in [0.05, 0.1) is 11.4 Å². The fraction of sp³-hybridized carbons (Fsp3) is 0.130. The van der Waals surface area contributed by atoms with Crippen molar-refractivity contribution in [1.29, 1.82) is 0 Å². The summed E-state index contributed by atoms with van der Waals surface area (Å²) < 4.78 is 54.6. The summed E-state index contributed by atoms with van der Waals surface area (Å²) in [5.41, 5.74) is 1.01. The number of pyridine rings is 1. The van der Waals surface area contributed by atoms with Crippen LogP contribution in [0.2, 0.25) is 0 Å². The Morgan fingerprint density at radius 1 is 0.971 bits per heavy atom. The molecule has 2 heterocycles. The van der Waals surface area contributed by atoms with E-state index in [9.17, 15) is 27.2 Å². The molecule has 2 aromatic carbocycles. The smallest absolute Gasteiger partial charge is 0.269 e. The van der Waals surface area contributed by atoms with Gasteiger partial charge >= 0.3 is 0 Å². The van der Waals surface area contributed by atoms with Gasteiger partial charge in [-0.25, -0.2) is 4.99 Å². The lowest BCUT2D eigenvalue weighted by atomic mass is 10.0. The van der Waals surface area contributed by atoms with Crippen molar-refractivity contribution in [1.82, 2.24) is 10.3 Å². The van der Waals surface area contributed by atoms with Crippen molar-refractivity contribution < 1.29 is 27.2 Å². The lowest BCUT2D eigenvalue weighted by Crippen LogP contribution is -2.47. The van der Waals surface area contributed by atoms with Crippen LogP contribution < -0.4 is 16.0 Å². The molecule has 0 saturated heterocycles. The van der Waals surface area contributed by atoms with Gasteiger partial charge < -0.3 is 16.0 Å². The van der Waals surface area contributed by atoms with Crippen LogP contribution in [0.5, 0.6) is 0 Å². The fourth-order valence-corrected chi connectivity index (χ4v) is 3.34. The first-order chi connectivity index (χ1) is 16.3. The third-order valence-electron chi connectivity index (χ3n) is 5.02. The van der Waals surface area contributed by atoms with Crippen molar-refractivity contribution in [2.24, 2.45) is 4.99 Å². The van der Waals surface area contributed by atoms with Crippen LogP contribution in [0.1, 0.15) is 18.1 Å². The molecular formula is C23H17F4N5O2. The van der Waals surface area contributed by atoms with Crippen molar-refractivity contribution in [2.45, 2.75) is 19.1 Å². The van der Waals surface area contributed by atoms with E-state index in [1.54, 1.807) is 48.5 Å². The molecule has 0 saturated carbocycles. The summed E-state index contributed by atoms with van der Waals surface area (Å²) in [6, 6.07) is 14.5. The first kappa shape index (κ1) is 22.9. The Morgan fingerprint density at radius 2 is 1.59 bits per heavy atom. The SMILES string of the molecule is C[C@H](Nc1c(F)c(F)nc(F)c1F)C(=O)N[C@H]1N=C(c2ccccc2)c2ccccc2NC1=O. The highest BCUT2D eigenvalue weighted by atomic mass is 19.2. The number of nitrogens with one attached hydrogen (secondary N) is 3. The normalized spacial score (nSPS) is 16.0. The molecule has 3 N–H and O–H groups in total. The molecule has 7 nitrogen and oxygen atoms in total. The van der Waals surface area contributed by atoms with E-state index in [0.29, 0.717) is 22.5 Å². The molecule has 0 unspecified atom stereocenters. The summed E-state index contributed by atoms with van der Waals surface area (Å²) >= 11 is 0. The molecule has 34 heavy (non-hydrogen) atoms. The third-order valence-corrected chi connectivity index (χ3v) is 5.02. The van der Waals surface area contributed by atoms with Crippen molar-refractivity contribution >= 4 is 28.9 Å². The van der Waals surface area contributed by atoms with Crippen LogP contribution in [0.25, 0.3) is 0 Å². The molecule has 1 aromatic heterocycles.